The first kappa shape index (κ1) is 19.5. The smallest absolute Gasteiger partial charge is 0.461 e. The topological polar surface area (TPSA) is 101 Å². The molecule has 1 amide bonds. The van der Waals surface area contributed by atoms with E-state index in [1.165, 1.54) is 6.07 Å². The Hall–Kier alpha value is -2.83. The number of aromatic hydroxyl groups is 1. The Morgan fingerprint density at radius 2 is 1.81 bits per heavy atom. The van der Waals surface area contributed by atoms with Crippen molar-refractivity contribution in [1.29, 1.82) is 0 Å². The number of aromatic nitrogens is 2. The molecule has 0 atom stereocenters. The van der Waals surface area contributed by atoms with E-state index in [9.17, 15) is 36.6 Å². The molecule has 0 radical (unpaired) electrons. The van der Waals surface area contributed by atoms with Crippen LogP contribution in [0.3, 0.4) is 0 Å². The molecule has 0 aliphatic carbocycles. The molecular formula is C13H8F5N3O4S. The second-order valence-corrected chi connectivity index (χ2v) is 5.39. The molecule has 2 aromatic rings. The summed E-state index contributed by atoms with van der Waals surface area (Å²) in [6.07, 6.45) is -5.90. The third-order valence-electron chi connectivity index (χ3n) is 2.97. The standard InChI is InChI=1S/C13H8F5N3O4S/c1-25-9(24)6-4-2-3-5(7(6)22)8(23)19-11-20-10(21-26-11)12(14,15)13(16,17)18/h2-4,22H,1H3,(H,19,20,21,23). The zero-order chi connectivity index (χ0) is 19.7. The molecule has 0 fully saturated rings. The monoisotopic (exact) mass is 397 g/mol. The largest absolute Gasteiger partial charge is 0.506 e. The maximum absolute atomic E-state index is 13.1. The maximum atomic E-state index is 13.1. The van der Waals surface area contributed by atoms with E-state index < -0.39 is 46.2 Å². The summed E-state index contributed by atoms with van der Waals surface area (Å²) in [4.78, 5) is 26.5. The lowest BCUT2D eigenvalue weighted by Crippen LogP contribution is -2.34. The Balaban J connectivity index is 2.26. The van der Waals surface area contributed by atoms with Gasteiger partial charge in [0.15, 0.2) is 0 Å². The lowest BCUT2D eigenvalue weighted by atomic mass is 10.1. The van der Waals surface area contributed by atoms with E-state index in [1.54, 1.807) is 0 Å². The number of methoxy groups -OCH3 is 1. The molecule has 1 aromatic heterocycles. The molecule has 1 aromatic carbocycles. The average Bonchev–Trinajstić information content (AvgIpc) is 3.02. The maximum Gasteiger partial charge on any atom is 0.461 e. The minimum atomic E-state index is -5.90. The van der Waals surface area contributed by atoms with Gasteiger partial charge in [-0.05, 0) is 12.1 Å². The third kappa shape index (κ3) is 3.56. The van der Waals surface area contributed by atoms with Crippen molar-refractivity contribution in [2.75, 3.05) is 12.4 Å². The summed E-state index contributed by atoms with van der Waals surface area (Å²) in [5, 5.41) is 11.2. The highest BCUT2D eigenvalue weighted by molar-refractivity contribution is 7.09. The molecule has 2 N–H and O–H groups in total. The summed E-state index contributed by atoms with van der Waals surface area (Å²) >= 11 is 0.0901. The number of carbonyl (C=O) groups is 2. The van der Waals surface area contributed by atoms with Crippen LogP contribution in [-0.2, 0) is 10.7 Å². The van der Waals surface area contributed by atoms with Crippen LogP contribution in [0.2, 0.25) is 0 Å². The number of alkyl halides is 5. The van der Waals surface area contributed by atoms with E-state index in [2.05, 4.69) is 14.1 Å². The molecule has 0 spiro atoms. The molecule has 0 aliphatic rings. The molecule has 1 heterocycles. The number of phenols is 1. The summed E-state index contributed by atoms with van der Waals surface area (Å²) in [5.41, 5.74) is -0.797. The zero-order valence-electron chi connectivity index (χ0n) is 12.6. The first-order chi connectivity index (χ1) is 12.0. The van der Waals surface area contributed by atoms with Gasteiger partial charge in [-0.1, -0.05) is 6.07 Å². The predicted octanol–water partition coefficient (Wildman–Crippen LogP) is 2.94. The van der Waals surface area contributed by atoms with Crippen molar-refractivity contribution in [3.63, 3.8) is 0 Å². The number of carbonyl (C=O) groups excluding carboxylic acids is 2. The van der Waals surface area contributed by atoms with Crippen molar-refractivity contribution in [1.82, 2.24) is 9.36 Å². The van der Waals surface area contributed by atoms with Crippen LogP contribution in [-0.4, -0.2) is 39.6 Å². The molecule has 0 aliphatic heterocycles. The fraction of sp³-hybridized carbons (Fsp3) is 0.231. The van der Waals surface area contributed by atoms with E-state index >= 15 is 0 Å². The molecule has 2 rings (SSSR count). The molecule has 0 unspecified atom stereocenters. The van der Waals surface area contributed by atoms with Gasteiger partial charge in [0.05, 0.1) is 12.7 Å². The number of halogens is 5. The van der Waals surface area contributed by atoms with Crippen LogP contribution < -0.4 is 5.32 Å². The number of nitrogens with one attached hydrogen (secondary N) is 1. The summed E-state index contributed by atoms with van der Waals surface area (Å²) < 4.78 is 70.4. The number of para-hydroxylation sites is 1. The minimum Gasteiger partial charge on any atom is -0.506 e. The molecule has 7 nitrogen and oxygen atoms in total. The van der Waals surface area contributed by atoms with Gasteiger partial charge in [0, 0.05) is 11.5 Å². The first-order valence-corrected chi connectivity index (χ1v) is 7.26. The van der Waals surface area contributed by atoms with Crippen molar-refractivity contribution in [3.05, 3.63) is 35.2 Å². The molecule has 0 bridgehead atoms. The number of esters is 1. The van der Waals surface area contributed by atoms with Gasteiger partial charge in [0.25, 0.3) is 5.91 Å². The van der Waals surface area contributed by atoms with Crippen LogP contribution >= 0.6 is 11.5 Å². The van der Waals surface area contributed by atoms with Crippen molar-refractivity contribution >= 4 is 28.5 Å². The van der Waals surface area contributed by atoms with Crippen LogP contribution in [0.15, 0.2) is 18.2 Å². The van der Waals surface area contributed by atoms with Crippen LogP contribution in [0.1, 0.15) is 26.5 Å². The van der Waals surface area contributed by atoms with Gasteiger partial charge < -0.3 is 9.84 Å². The fourth-order valence-electron chi connectivity index (χ4n) is 1.69. The van der Waals surface area contributed by atoms with Crippen LogP contribution in [0.5, 0.6) is 5.75 Å². The normalized spacial score (nSPS) is 11.9. The zero-order valence-corrected chi connectivity index (χ0v) is 13.4. The van der Waals surface area contributed by atoms with E-state index in [4.69, 9.17) is 0 Å². The van der Waals surface area contributed by atoms with Gasteiger partial charge in [-0.15, -0.1) is 0 Å². The Morgan fingerprint density at radius 3 is 2.38 bits per heavy atom. The molecule has 13 heteroatoms. The average molecular weight is 397 g/mol. The van der Waals surface area contributed by atoms with E-state index in [1.807, 2.05) is 5.32 Å². The van der Waals surface area contributed by atoms with Crippen molar-refractivity contribution in [2.24, 2.45) is 0 Å². The van der Waals surface area contributed by atoms with E-state index in [0.717, 1.165) is 19.2 Å². The number of benzene rings is 1. The van der Waals surface area contributed by atoms with Gasteiger partial charge in [-0.25, -0.2) is 4.79 Å². The van der Waals surface area contributed by atoms with Gasteiger partial charge in [0.2, 0.25) is 11.0 Å². The van der Waals surface area contributed by atoms with Crippen LogP contribution in [0, 0.1) is 0 Å². The van der Waals surface area contributed by atoms with Crippen molar-refractivity contribution in [2.45, 2.75) is 12.1 Å². The molecule has 26 heavy (non-hydrogen) atoms. The second kappa shape index (κ2) is 6.82. The molecular weight excluding hydrogens is 389 g/mol. The number of hydrogen-bond donors (Lipinski definition) is 2. The highest BCUT2D eigenvalue weighted by Gasteiger charge is 2.61. The molecule has 140 valence electrons. The Labute approximate surface area is 145 Å². The molecule has 0 saturated heterocycles. The van der Waals surface area contributed by atoms with Crippen LogP contribution in [0.25, 0.3) is 0 Å². The van der Waals surface area contributed by atoms with Gasteiger partial charge in [-0.2, -0.15) is 31.3 Å². The fourth-order valence-corrected chi connectivity index (χ4v) is 2.29. The summed E-state index contributed by atoms with van der Waals surface area (Å²) in [6, 6.07) is 3.47. The number of amides is 1. The quantitative estimate of drug-likeness (QED) is 0.608. The predicted molar refractivity (Wildman–Crippen MR) is 77.3 cm³/mol. The van der Waals surface area contributed by atoms with Gasteiger partial charge in [0.1, 0.15) is 11.3 Å². The first-order valence-electron chi connectivity index (χ1n) is 6.49. The highest BCUT2D eigenvalue weighted by Crippen LogP contribution is 2.43. The summed E-state index contributed by atoms with van der Waals surface area (Å²) in [5.74, 6) is -9.93. The Morgan fingerprint density at radius 1 is 1.19 bits per heavy atom. The summed E-state index contributed by atoms with van der Waals surface area (Å²) in [7, 11) is 1.04. The minimum absolute atomic E-state index is 0.0901. The lowest BCUT2D eigenvalue weighted by molar-refractivity contribution is -0.292. The molecule has 0 saturated carbocycles. The van der Waals surface area contributed by atoms with Crippen LogP contribution in [0.4, 0.5) is 27.1 Å². The highest BCUT2D eigenvalue weighted by atomic mass is 32.1. The number of ether oxygens (including phenoxy) is 1. The van der Waals surface area contributed by atoms with Crippen molar-refractivity contribution < 1.29 is 41.4 Å². The second-order valence-electron chi connectivity index (χ2n) is 4.64. The van der Waals surface area contributed by atoms with E-state index in [0.29, 0.717) is 0 Å². The van der Waals surface area contributed by atoms with E-state index in [-0.39, 0.29) is 17.1 Å². The number of hydrogen-bond acceptors (Lipinski definition) is 7. The number of nitrogens with zero attached hydrogens (tertiary/aromatic N) is 2. The summed E-state index contributed by atoms with van der Waals surface area (Å²) in [6.45, 7) is 0. The number of rotatable bonds is 4. The van der Waals surface area contributed by atoms with Crippen molar-refractivity contribution in [3.8, 4) is 5.75 Å². The number of phenolic OH excluding ortho intramolecular Hbond substituents is 1. The Kier molecular flexibility index (Phi) is 5.11. The SMILES string of the molecule is COC(=O)c1cccc(C(=O)Nc2nc(C(F)(F)C(F)(F)F)ns2)c1O. The Bertz CT molecular complexity index is 853. The van der Waals surface area contributed by atoms with Gasteiger partial charge in [-0.3, -0.25) is 10.1 Å². The number of anilines is 1. The van der Waals surface area contributed by atoms with Gasteiger partial charge >= 0.3 is 18.1 Å². The third-order valence-corrected chi connectivity index (χ3v) is 3.60. The lowest BCUT2D eigenvalue weighted by Gasteiger charge is -2.15.